The number of hydrogen-bond donors (Lipinski definition) is 3. The van der Waals surface area contributed by atoms with Gasteiger partial charge in [-0.15, -0.1) is 0 Å². The fourth-order valence-electron chi connectivity index (χ4n) is 5.08. The third kappa shape index (κ3) is 42.6. The third-order valence-corrected chi connectivity index (χ3v) is 9.38. The number of aliphatic hydroxyl groups excluding tert-OH is 2. The lowest BCUT2D eigenvalue weighted by Gasteiger charge is -2.20. The van der Waals surface area contributed by atoms with Gasteiger partial charge in [0.1, 0.15) is 12.7 Å². The molecule has 0 heterocycles. The second kappa shape index (κ2) is 42.7. The van der Waals surface area contributed by atoms with Gasteiger partial charge in [0, 0.05) is 12.8 Å². The van der Waals surface area contributed by atoms with Gasteiger partial charge >= 0.3 is 19.8 Å². The van der Waals surface area contributed by atoms with Crippen LogP contribution in [0.15, 0.2) is 109 Å². The second-order valence-corrected chi connectivity index (χ2v) is 15.4. The van der Waals surface area contributed by atoms with Gasteiger partial charge in [-0.2, -0.15) is 0 Å². The minimum Gasteiger partial charge on any atom is -0.462 e. The highest BCUT2D eigenvalue weighted by Crippen LogP contribution is 2.43. The molecular formula is C48H77O10P. The van der Waals surface area contributed by atoms with Crippen molar-refractivity contribution in [2.45, 2.75) is 154 Å². The van der Waals surface area contributed by atoms with E-state index in [-0.39, 0.29) is 19.4 Å². The molecule has 0 aromatic heterocycles. The summed E-state index contributed by atoms with van der Waals surface area (Å²) < 4.78 is 32.6. The van der Waals surface area contributed by atoms with Gasteiger partial charge in [-0.25, -0.2) is 4.57 Å². The van der Waals surface area contributed by atoms with Crippen LogP contribution in [0.3, 0.4) is 0 Å². The van der Waals surface area contributed by atoms with Gasteiger partial charge in [0.05, 0.1) is 19.8 Å². The maximum absolute atomic E-state index is 12.6. The Hall–Kier alpha value is -3.37. The van der Waals surface area contributed by atoms with Crippen molar-refractivity contribution in [3.05, 3.63) is 109 Å². The normalized spacial score (nSPS) is 14.9. The number of carbonyl (C=O) groups excluding carboxylic acids is 2. The number of allylic oxidation sites excluding steroid dienone is 18. The maximum atomic E-state index is 12.6. The number of carbonyl (C=O) groups is 2. The van der Waals surface area contributed by atoms with Crippen molar-refractivity contribution in [1.29, 1.82) is 0 Å². The summed E-state index contributed by atoms with van der Waals surface area (Å²) in [6.07, 6.45) is 53.5. The summed E-state index contributed by atoms with van der Waals surface area (Å²) in [6.45, 7) is 2.10. The van der Waals surface area contributed by atoms with Crippen LogP contribution in [-0.4, -0.2) is 65.7 Å². The van der Waals surface area contributed by atoms with E-state index in [0.717, 1.165) is 83.5 Å². The highest BCUT2D eigenvalue weighted by molar-refractivity contribution is 7.47. The number of esters is 2. The zero-order chi connectivity index (χ0) is 43.3. The smallest absolute Gasteiger partial charge is 0.462 e. The molecule has 0 aliphatic carbocycles. The molecule has 0 bridgehead atoms. The molecule has 0 saturated heterocycles. The zero-order valence-electron chi connectivity index (χ0n) is 36.2. The molecule has 0 spiro atoms. The van der Waals surface area contributed by atoms with Gasteiger partial charge in [-0.1, -0.05) is 149 Å². The van der Waals surface area contributed by atoms with Crippen molar-refractivity contribution in [2.24, 2.45) is 0 Å². The molecule has 0 aliphatic heterocycles. The molecule has 0 fully saturated rings. The molecule has 3 atom stereocenters. The number of rotatable bonds is 39. The van der Waals surface area contributed by atoms with E-state index in [4.69, 9.17) is 19.1 Å². The van der Waals surface area contributed by atoms with E-state index in [0.29, 0.717) is 12.8 Å². The van der Waals surface area contributed by atoms with E-state index in [2.05, 4.69) is 116 Å². The SMILES string of the molecule is CC/C=C\C/C=C\C/C=C\C/C=C\C/C=C\C/C=C\CCC(=O)O[C@H](COC(=O)CCCCCC/C=C\C/C=C\C/C=C\CCCCC)COP(=O)(O)OC[C@@H](O)CO. The van der Waals surface area contributed by atoms with Gasteiger partial charge in [0.2, 0.25) is 0 Å². The van der Waals surface area contributed by atoms with Crippen LogP contribution in [0.25, 0.3) is 0 Å². The first-order valence-electron chi connectivity index (χ1n) is 21.8. The van der Waals surface area contributed by atoms with Gasteiger partial charge < -0.3 is 24.6 Å². The summed E-state index contributed by atoms with van der Waals surface area (Å²) in [5, 5.41) is 18.3. The van der Waals surface area contributed by atoms with Gasteiger partial charge in [-0.3, -0.25) is 18.6 Å². The first-order valence-corrected chi connectivity index (χ1v) is 23.3. The molecule has 0 aromatic rings. The molecule has 1 unspecified atom stereocenters. The number of phosphoric acid groups is 1. The van der Waals surface area contributed by atoms with Crippen molar-refractivity contribution < 1.29 is 47.8 Å². The van der Waals surface area contributed by atoms with Gasteiger partial charge in [-0.05, 0) is 89.9 Å². The Morgan fingerprint density at radius 3 is 1.46 bits per heavy atom. The summed E-state index contributed by atoms with van der Waals surface area (Å²) in [6, 6.07) is 0. The summed E-state index contributed by atoms with van der Waals surface area (Å²) in [5.74, 6) is -1.06. The lowest BCUT2D eigenvalue weighted by molar-refractivity contribution is -0.161. The summed E-state index contributed by atoms with van der Waals surface area (Å²) in [7, 11) is -4.65. The molecule has 0 radical (unpaired) electrons. The molecule has 334 valence electrons. The monoisotopic (exact) mass is 845 g/mol. The average molecular weight is 845 g/mol. The minimum absolute atomic E-state index is 0.0470. The van der Waals surface area contributed by atoms with Gasteiger partial charge in [0.15, 0.2) is 6.10 Å². The first-order chi connectivity index (χ1) is 28.7. The Morgan fingerprint density at radius 1 is 0.525 bits per heavy atom. The quantitative estimate of drug-likeness (QED) is 0.0236. The van der Waals surface area contributed by atoms with E-state index in [1.165, 1.54) is 19.3 Å². The number of hydrogen-bond acceptors (Lipinski definition) is 9. The molecule has 0 aromatic carbocycles. The molecular weight excluding hydrogens is 767 g/mol. The van der Waals surface area contributed by atoms with E-state index in [1.54, 1.807) is 0 Å². The highest BCUT2D eigenvalue weighted by Gasteiger charge is 2.27. The summed E-state index contributed by atoms with van der Waals surface area (Å²) in [4.78, 5) is 35.0. The predicted molar refractivity (Wildman–Crippen MR) is 242 cm³/mol. The van der Waals surface area contributed by atoms with Crippen molar-refractivity contribution in [2.75, 3.05) is 26.4 Å². The number of phosphoric ester groups is 1. The van der Waals surface area contributed by atoms with Crippen LogP contribution in [0, 0.1) is 0 Å². The molecule has 11 heteroatoms. The Morgan fingerprint density at radius 2 is 0.966 bits per heavy atom. The number of aliphatic hydroxyl groups is 2. The molecule has 3 N–H and O–H groups in total. The van der Waals surface area contributed by atoms with Crippen LogP contribution in [0.2, 0.25) is 0 Å². The van der Waals surface area contributed by atoms with Crippen molar-refractivity contribution in [3.8, 4) is 0 Å². The topological polar surface area (TPSA) is 149 Å². The van der Waals surface area contributed by atoms with E-state index >= 15 is 0 Å². The van der Waals surface area contributed by atoms with Crippen molar-refractivity contribution in [1.82, 2.24) is 0 Å². The molecule has 59 heavy (non-hydrogen) atoms. The lowest BCUT2D eigenvalue weighted by atomic mass is 10.1. The van der Waals surface area contributed by atoms with E-state index in [1.807, 2.05) is 12.2 Å². The van der Waals surface area contributed by atoms with Crippen LogP contribution in [0.4, 0.5) is 0 Å². The van der Waals surface area contributed by atoms with E-state index < -0.39 is 51.8 Å². The molecule has 0 aliphatic rings. The largest absolute Gasteiger partial charge is 0.472 e. The van der Waals surface area contributed by atoms with Crippen molar-refractivity contribution >= 4 is 19.8 Å². The Labute approximate surface area is 356 Å². The van der Waals surface area contributed by atoms with Crippen LogP contribution in [0.1, 0.15) is 142 Å². The maximum Gasteiger partial charge on any atom is 0.472 e. The Balaban J connectivity index is 4.49. The summed E-state index contributed by atoms with van der Waals surface area (Å²) >= 11 is 0. The molecule has 10 nitrogen and oxygen atoms in total. The molecule has 0 rings (SSSR count). The second-order valence-electron chi connectivity index (χ2n) is 14.0. The third-order valence-electron chi connectivity index (χ3n) is 8.42. The number of unbranched alkanes of at least 4 members (excludes halogenated alkanes) is 7. The standard InChI is InChI=1S/C48H77O10P/c1-3-5-7-9-11-13-15-17-19-21-22-24-26-28-30-32-34-36-38-40-48(52)58-46(44-57-59(53,54)56-42-45(50)41-49)43-55-47(51)39-37-35-33-31-29-27-25-23-20-18-16-14-12-10-8-6-4-2/h5,7,11-14,17-20,22,24-25,27-28,30,34,36,45-46,49-50H,3-4,6,8-10,15-16,21,23,26,29,31-33,35,37-44H2,1-2H3,(H,53,54)/b7-5-,13-11-,14-12-,19-17-,20-18-,24-22-,27-25-,30-28-,36-34-/t45-,46+/m0/s1. The average Bonchev–Trinajstić information content (AvgIpc) is 3.22. The minimum atomic E-state index is -4.65. The molecule has 0 saturated carbocycles. The first kappa shape index (κ1) is 55.6. The zero-order valence-corrected chi connectivity index (χ0v) is 37.1. The number of ether oxygens (including phenoxy) is 2. The highest BCUT2D eigenvalue weighted by atomic mass is 31.2. The summed E-state index contributed by atoms with van der Waals surface area (Å²) in [5.41, 5.74) is 0. The van der Waals surface area contributed by atoms with Crippen LogP contribution < -0.4 is 0 Å². The fraction of sp³-hybridized carbons (Fsp3) is 0.583. The Kier molecular flexibility index (Phi) is 40.3. The van der Waals surface area contributed by atoms with Crippen LogP contribution in [-0.2, 0) is 32.7 Å². The van der Waals surface area contributed by atoms with Gasteiger partial charge in [0.25, 0.3) is 0 Å². The van der Waals surface area contributed by atoms with Crippen LogP contribution >= 0.6 is 7.82 Å². The lowest BCUT2D eigenvalue weighted by Crippen LogP contribution is -2.29. The predicted octanol–water partition coefficient (Wildman–Crippen LogP) is 11.8. The van der Waals surface area contributed by atoms with Crippen molar-refractivity contribution in [3.63, 3.8) is 0 Å². The van der Waals surface area contributed by atoms with E-state index in [9.17, 15) is 24.2 Å². The van der Waals surface area contributed by atoms with Crippen LogP contribution in [0.5, 0.6) is 0 Å². The Bertz CT molecular complexity index is 1340. The fourth-order valence-corrected chi connectivity index (χ4v) is 5.87. The molecule has 0 amide bonds.